The number of hydrogen-bond acceptors (Lipinski definition) is 9. The molecule has 0 aliphatic carbocycles. The molecule has 190 valence electrons. The molecule has 1 aliphatic rings. The van der Waals surface area contributed by atoms with Gasteiger partial charge in [0.05, 0.1) is 28.5 Å². The van der Waals surface area contributed by atoms with Gasteiger partial charge in [0.1, 0.15) is 11.5 Å². The summed E-state index contributed by atoms with van der Waals surface area (Å²) < 4.78 is 17.5. The highest BCUT2D eigenvalue weighted by Crippen LogP contribution is 2.31. The second-order valence-electron chi connectivity index (χ2n) is 8.10. The van der Waals surface area contributed by atoms with Crippen molar-refractivity contribution in [2.45, 2.75) is 33.7 Å². The molecule has 0 saturated carbocycles. The lowest BCUT2D eigenvalue weighted by molar-refractivity contribution is -0.139. The summed E-state index contributed by atoms with van der Waals surface area (Å²) in [6.07, 6.45) is 1.57. The Morgan fingerprint density at radius 2 is 1.76 bits per heavy atom. The van der Waals surface area contributed by atoms with Crippen LogP contribution in [0.5, 0.6) is 11.5 Å². The maximum atomic E-state index is 13.7. The minimum atomic E-state index is -0.724. The van der Waals surface area contributed by atoms with Crippen LogP contribution < -0.4 is 24.4 Å². The van der Waals surface area contributed by atoms with Crippen LogP contribution in [0.3, 0.4) is 0 Å². The molecule has 1 aliphatic heterocycles. The molecule has 0 spiro atoms. The Morgan fingerprint density at radius 1 is 1.05 bits per heavy atom. The summed E-state index contributed by atoms with van der Waals surface area (Å²) in [6, 6.07) is 13.0. The molecule has 0 N–H and O–H groups in total. The molecule has 0 amide bonds. The first kappa shape index (κ1) is 25.8. The fraction of sp³-hybridized carbons (Fsp3) is 0.222. The van der Waals surface area contributed by atoms with Gasteiger partial charge in [-0.15, -0.1) is 0 Å². The zero-order chi connectivity index (χ0) is 26.7. The van der Waals surface area contributed by atoms with Gasteiger partial charge in [0, 0.05) is 25.5 Å². The smallest absolute Gasteiger partial charge is 0.338 e. The summed E-state index contributed by atoms with van der Waals surface area (Å²) in [5, 5.41) is 0. The van der Waals surface area contributed by atoms with Crippen molar-refractivity contribution < 1.29 is 28.6 Å². The number of allylic oxidation sites excluding steroid dienone is 1. The Kier molecular flexibility index (Phi) is 7.49. The fourth-order valence-corrected chi connectivity index (χ4v) is 5.03. The Morgan fingerprint density at radius 3 is 2.41 bits per heavy atom. The van der Waals surface area contributed by atoms with Crippen LogP contribution in [0.1, 0.15) is 44.9 Å². The van der Waals surface area contributed by atoms with Crippen molar-refractivity contribution in [1.82, 2.24) is 4.57 Å². The van der Waals surface area contributed by atoms with Crippen molar-refractivity contribution in [2.24, 2.45) is 4.99 Å². The van der Waals surface area contributed by atoms with E-state index in [1.807, 2.05) is 30.3 Å². The van der Waals surface area contributed by atoms with E-state index in [1.54, 1.807) is 26.0 Å². The first-order valence-corrected chi connectivity index (χ1v) is 12.3. The first-order chi connectivity index (χ1) is 17.7. The molecule has 1 aromatic heterocycles. The monoisotopic (exact) mass is 520 g/mol. The number of carbonyl (C=O) groups excluding carboxylic acids is 3. The third-order valence-electron chi connectivity index (χ3n) is 5.42. The van der Waals surface area contributed by atoms with E-state index in [-0.39, 0.29) is 23.7 Å². The number of esters is 3. The number of benzene rings is 2. The van der Waals surface area contributed by atoms with Gasteiger partial charge in [-0.3, -0.25) is 19.0 Å². The molecule has 2 heterocycles. The Bertz CT molecular complexity index is 1600. The maximum absolute atomic E-state index is 13.7. The largest absolute Gasteiger partial charge is 0.463 e. The van der Waals surface area contributed by atoms with E-state index in [2.05, 4.69) is 4.99 Å². The second-order valence-corrected chi connectivity index (χ2v) is 9.11. The summed E-state index contributed by atoms with van der Waals surface area (Å²) in [5.41, 5.74) is 1.54. The van der Waals surface area contributed by atoms with E-state index in [9.17, 15) is 19.2 Å². The zero-order valence-electron chi connectivity index (χ0n) is 20.6. The van der Waals surface area contributed by atoms with Crippen molar-refractivity contribution in [3.63, 3.8) is 0 Å². The summed E-state index contributed by atoms with van der Waals surface area (Å²) in [7, 11) is 0. The molecule has 10 heteroatoms. The van der Waals surface area contributed by atoms with E-state index in [0.29, 0.717) is 26.2 Å². The van der Waals surface area contributed by atoms with Crippen LogP contribution in [0.25, 0.3) is 6.08 Å². The van der Waals surface area contributed by atoms with E-state index in [0.717, 1.165) is 16.9 Å². The lowest BCUT2D eigenvalue weighted by Gasteiger charge is -2.24. The van der Waals surface area contributed by atoms with Crippen LogP contribution in [-0.2, 0) is 19.1 Å². The van der Waals surface area contributed by atoms with Gasteiger partial charge in [0.15, 0.2) is 4.80 Å². The summed E-state index contributed by atoms with van der Waals surface area (Å²) >= 11 is 1.14. The lowest BCUT2D eigenvalue weighted by Crippen LogP contribution is -2.39. The van der Waals surface area contributed by atoms with Crippen LogP contribution >= 0.6 is 11.3 Å². The molecule has 37 heavy (non-hydrogen) atoms. The molecule has 3 aromatic rings. The quantitative estimate of drug-likeness (QED) is 0.363. The first-order valence-electron chi connectivity index (χ1n) is 11.4. The van der Waals surface area contributed by atoms with Crippen LogP contribution in [0.2, 0.25) is 0 Å². The third kappa shape index (κ3) is 5.44. The number of carbonyl (C=O) groups is 3. The van der Waals surface area contributed by atoms with Crippen molar-refractivity contribution in [1.29, 1.82) is 0 Å². The molecule has 1 atom stereocenters. The van der Waals surface area contributed by atoms with Crippen LogP contribution in [0, 0.1) is 0 Å². The number of thiazole rings is 1. The van der Waals surface area contributed by atoms with E-state index in [1.165, 1.54) is 30.5 Å². The standard InChI is InChI=1S/C27H24N2O7S/c1-5-34-26(33)23-15(2)28-27-29(24(23)18-9-7-6-8-10-18)25(32)22(37-27)13-19-11-12-20(35-16(3)30)14-21(19)36-17(4)31/h6-14,24H,5H2,1-4H3/b22-13+/t24-/m0/s1. The molecule has 0 radical (unpaired) electrons. The lowest BCUT2D eigenvalue weighted by atomic mass is 9.96. The molecule has 0 fully saturated rings. The average Bonchev–Trinajstić information content (AvgIpc) is 3.14. The Hall–Kier alpha value is -4.31. The van der Waals surface area contributed by atoms with Gasteiger partial charge >= 0.3 is 17.9 Å². The number of rotatable bonds is 6. The van der Waals surface area contributed by atoms with Crippen molar-refractivity contribution in [3.8, 4) is 11.5 Å². The number of hydrogen-bond donors (Lipinski definition) is 0. The maximum Gasteiger partial charge on any atom is 0.338 e. The Balaban J connectivity index is 1.91. The number of fused-ring (bicyclic) bond motifs is 1. The predicted molar refractivity (Wildman–Crippen MR) is 136 cm³/mol. The molecule has 4 rings (SSSR count). The summed E-state index contributed by atoms with van der Waals surface area (Å²) in [4.78, 5) is 54.6. The number of ether oxygens (including phenoxy) is 3. The van der Waals surface area contributed by atoms with Gasteiger partial charge in [-0.2, -0.15) is 0 Å². The van der Waals surface area contributed by atoms with E-state index >= 15 is 0 Å². The normalized spacial score (nSPS) is 15.0. The van der Waals surface area contributed by atoms with Gasteiger partial charge in [-0.1, -0.05) is 41.7 Å². The predicted octanol–water partition coefficient (Wildman–Crippen LogP) is 2.65. The van der Waals surface area contributed by atoms with Crippen LogP contribution in [0.4, 0.5) is 0 Å². The van der Waals surface area contributed by atoms with Crippen molar-refractivity contribution in [2.75, 3.05) is 6.61 Å². The molecule has 2 aromatic carbocycles. The van der Waals surface area contributed by atoms with Crippen molar-refractivity contribution >= 4 is 35.3 Å². The van der Waals surface area contributed by atoms with Gasteiger partial charge in [0.25, 0.3) is 5.56 Å². The highest BCUT2D eigenvalue weighted by molar-refractivity contribution is 7.07. The number of aromatic nitrogens is 1. The molecular formula is C27H24N2O7S. The topological polar surface area (TPSA) is 113 Å². The van der Waals surface area contributed by atoms with Crippen LogP contribution in [-0.4, -0.2) is 29.1 Å². The Labute approximate surface area is 215 Å². The van der Waals surface area contributed by atoms with Gasteiger partial charge in [-0.05, 0) is 37.6 Å². The van der Waals surface area contributed by atoms with Gasteiger partial charge < -0.3 is 14.2 Å². The van der Waals surface area contributed by atoms with E-state index in [4.69, 9.17) is 14.2 Å². The molecule has 9 nitrogen and oxygen atoms in total. The second kappa shape index (κ2) is 10.8. The molecule has 0 saturated heterocycles. The highest BCUT2D eigenvalue weighted by Gasteiger charge is 2.33. The van der Waals surface area contributed by atoms with E-state index < -0.39 is 23.9 Å². The SMILES string of the molecule is CCOC(=O)C1=C(C)N=c2s/c(=C/c3ccc(OC(C)=O)cc3OC(C)=O)c(=O)n2[C@H]1c1ccccc1. The third-order valence-corrected chi connectivity index (χ3v) is 6.40. The summed E-state index contributed by atoms with van der Waals surface area (Å²) in [6.45, 7) is 6.12. The van der Waals surface area contributed by atoms with Crippen molar-refractivity contribution in [3.05, 3.63) is 90.6 Å². The molecular weight excluding hydrogens is 496 g/mol. The van der Waals surface area contributed by atoms with Gasteiger partial charge in [0.2, 0.25) is 0 Å². The summed E-state index contributed by atoms with van der Waals surface area (Å²) in [5.74, 6) is -1.32. The van der Waals surface area contributed by atoms with Crippen LogP contribution in [0.15, 0.2) is 69.6 Å². The molecule has 0 bridgehead atoms. The highest BCUT2D eigenvalue weighted by atomic mass is 32.1. The fourth-order valence-electron chi connectivity index (χ4n) is 3.99. The number of nitrogens with zero attached hydrogens (tertiary/aromatic N) is 2. The molecule has 0 unspecified atom stereocenters. The minimum absolute atomic E-state index is 0.125. The van der Waals surface area contributed by atoms with Gasteiger partial charge in [-0.25, -0.2) is 9.79 Å². The zero-order valence-corrected chi connectivity index (χ0v) is 21.5. The minimum Gasteiger partial charge on any atom is -0.463 e. The average molecular weight is 521 g/mol.